The maximum atomic E-state index is 10.9. The Bertz CT molecular complexity index is 363. The fourth-order valence-electron chi connectivity index (χ4n) is 0.800. The van der Waals surface area contributed by atoms with E-state index in [-0.39, 0.29) is 12.1 Å². The lowest BCUT2D eigenvalue weighted by Gasteiger charge is -1.98. The highest BCUT2D eigenvalue weighted by molar-refractivity contribution is 5.12. The summed E-state index contributed by atoms with van der Waals surface area (Å²) in [5.41, 5.74) is 5.32. The molecule has 4 N–H and O–H groups in total. The SMILES string of the molecule is Cc1c(CN)[nH]c(=O)[nH]c1=O. The highest BCUT2D eigenvalue weighted by atomic mass is 16.2. The molecule has 5 nitrogen and oxygen atoms in total. The van der Waals surface area contributed by atoms with Crippen LogP contribution in [0.4, 0.5) is 0 Å². The molecule has 5 heteroatoms. The first kappa shape index (κ1) is 7.74. The average molecular weight is 155 g/mol. The van der Waals surface area contributed by atoms with Gasteiger partial charge in [-0.1, -0.05) is 0 Å². The van der Waals surface area contributed by atoms with Gasteiger partial charge in [0.05, 0.1) is 0 Å². The van der Waals surface area contributed by atoms with Gasteiger partial charge in [0.1, 0.15) is 0 Å². The van der Waals surface area contributed by atoms with Crippen LogP contribution in [-0.2, 0) is 6.54 Å². The van der Waals surface area contributed by atoms with E-state index < -0.39 is 5.69 Å². The third-order valence-electron chi connectivity index (χ3n) is 1.49. The van der Waals surface area contributed by atoms with Crippen LogP contribution in [-0.4, -0.2) is 9.97 Å². The van der Waals surface area contributed by atoms with Crippen molar-refractivity contribution >= 4 is 0 Å². The summed E-state index contributed by atoms with van der Waals surface area (Å²) in [7, 11) is 0. The summed E-state index contributed by atoms with van der Waals surface area (Å²) in [4.78, 5) is 26.1. The van der Waals surface area contributed by atoms with Crippen molar-refractivity contribution in [3.05, 3.63) is 32.1 Å². The third-order valence-corrected chi connectivity index (χ3v) is 1.49. The smallest absolute Gasteiger partial charge is 0.325 e. The highest BCUT2D eigenvalue weighted by Crippen LogP contribution is 1.90. The van der Waals surface area contributed by atoms with Crippen molar-refractivity contribution < 1.29 is 0 Å². The first-order chi connectivity index (χ1) is 5.15. The molecule has 0 aliphatic heterocycles. The third kappa shape index (κ3) is 1.38. The van der Waals surface area contributed by atoms with Crippen molar-refractivity contribution in [3.8, 4) is 0 Å². The van der Waals surface area contributed by atoms with Crippen LogP contribution in [0.2, 0.25) is 0 Å². The van der Waals surface area contributed by atoms with E-state index in [9.17, 15) is 9.59 Å². The molecule has 0 saturated heterocycles. The Morgan fingerprint density at radius 1 is 1.36 bits per heavy atom. The predicted octanol–water partition coefficient (Wildman–Crippen LogP) is -1.17. The molecule has 0 spiro atoms. The Kier molecular flexibility index (Phi) is 1.91. The van der Waals surface area contributed by atoms with Gasteiger partial charge in [-0.2, -0.15) is 0 Å². The molecule has 0 radical (unpaired) electrons. The second kappa shape index (κ2) is 2.71. The molecule has 0 bridgehead atoms. The Balaban J connectivity index is 3.49. The van der Waals surface area contributed by atoms with Gasteiger partial charge in [0, 0.05) is 17.8 Å². The van der Waals surface area contributed by atoms with Gasteiger partial charge >= 0.3 is 5.69 Å². The highest BCUT2D eigenvalue weighted by Gasteiger charge is 2.00. The zero-order chi connectivity index (χ0) is 8.43. The fourth-order valence-corrected chi connectivity index (χ4v) is 0.800. The number of aromatic nitrogens is 2. The summed E-state index contributed by atoms with van der Waals surface area (Å²) in [6, 6.07) is 0. The van der Waals surface area contributed by atoms with Crippen LogP contribution in [0.1, 0.15) is 11.3 Å². The van der Waals surface area contributed by atoms with E-state index in [2.05, 4.69) is 9.97 Å². The van der Waals surface area contributed by atoms with Gasteiger partial charge in [-0.3, -0.25) is 9.78 Å². The van der Waals surface area contributed by atoms with Crippen molar-refractivity contribution in [3.63, 3.8) is 0 Å². The van der Waals surface area contributed by atoms with Gasteiger partial charge in [-0.25, -0.2) is 4.79 Å². The maximum absolute atomic E-state index is 10.9. The molecule has 1 rings (SSSR count). The predicted molar refractivity (Wildman–Crippen MR) is 40.3 cm³/mol. The van der Waals surface area contributed by atoms with Gasteiger partial charge in [-0.05, 0) is 6.92 Å². The minimum absolute atomic E-state index is 0.172. The zero-order valence-corrected chi connectivity index (χ0v) is 6.10. The molecule has 0 fully saturated rings. The summed E-state index contributed by atoms with van der Waals surface area (Å²) in [6.07, 6.45) is 0. The lowest BCUT2D eigenvalue weighted by Crippen LogP contribution is -2.27. The quantitative estimate of drug-likeness (QED) is 0.477. The van der Waals surface area contributed by atoms with Crippen LogP contribution in [0.5, 0.6) is 0 Å². The van der Waals surface area contributed by atoms with Gasteiger partial charge in [0.25, 0.3) is 5.56 Å². The maximum Gasteiger partial charge on any atom is 0.325 e. The van der Waals surface area contributed by atoms with Gasteiger partial charge in [-0.15, -0.1) is 0 Å². The molecule has 1 aromatic rings. The molecular formula is C6H9N3O2. The summed E-state index contributed by atoms with van der Waals surface area (Å²) in [5.74, 6) is 0. The Hall–Kier alpha value is -1.36. The standard InChI is InChI=1S/C6H9N3O2/c1-3-4(2-7)8-6(11)9-5(3)10/h2,7H2,1H3,(H2,8,9,10,11). The minimum atomic E-state index is -0.513. The lowest BCUT2D eigenvalue weighted by atomic mass is 10.2. The summed E-state index contributed by atoms with van der Waals surface area (Å²) in [6.45, 7) is 1.78. The number of rotatable bonds is 1. The van der Waals surface area contributed by atoms with Gasteiger partial charge in [0.15, 0.2) is 0 Å². The van der Waals surface area contributed by atoms with Crippen LogP contribution in [0.15, 0.2) is 9.59 Å². The molecule has 11 heavy (non-hydrogen) atoms. The molecule has 60 valence electrons. The summed E-state index contributed by atoms with van der Waals surface area (Å²) < 4.78 is 0. The number of hydrogen-bond donors (Lipinski definition) is 3. The van der Waals surface area contributed by atoms with Gasteiger partial charge in [0.2, 0.25) is 0 Å². The second-order valence-corrected chi connectivity index (χ2v) is 2.22. The first-order valence-corrected chi connectivity index (χ1v) is 3.17. The molecule has 0 aliphatic carbocycles. The zero-order valence-electron chi connectivity index (χ0n) is 6.10. The van der Waals surface area contributed by atoms with Crippen LogP contribution in [0.25, 0.3) is 0 Å². The van der Waals surface area contributed by atoms with Crippen LogP contribution < -0.4 is 17.0 Å². The largest absolute Gasteiger partial charge is 0.325 e. The van der Waals surface area contributed by atoms with E-state index in [1.165, 1.54) is 0 Å². The monoisotopic (exact) mass is 155 g/mol. The van der Waals surface area contributed by atoms with E-state index in [1.54, 1.807) is 6.92 Å². The number of aromatic amines is 2. The number of H-pyrrole nitrogens is 2. The normalized spacial score (nSPS) is 10.0. The topological polar surface area (TPSA) is 91.7 Å². The average Bonchev–Trinajstić information content (AvgIpc) is 1.96. The van der Waals surface area contributed by atoms with E-state index in [0.29, 0.717) is 11.3 Å². The molecule has 0 aliphatic rings. The second-order valence-electron chi connectivity index (χ2n) is 2.22. The molecule has 0 atom stereocenters. The van der Waals surface area contributed by atoms with Crippen molar-refractivity contribution in [2.24, 2.45) is 5.73 Å². The van der Waals surface area contributed by atoms with E-state index >= 15 is 0 Å². The molecular weight excluding hydrogens is 146 g/mol. The molecule has 0 saturated carbocycles. The van der Waals surface area contributed by atoms with Crippen molar-refractivity contribution in [1.29, 1.82) is 0 Å². The molecule has 1 aromatic heterocycles. The van der Waals surface area contributed by atoms with Crippen molar-refractivity contribution in [1.82, 2.24) is 9.97 Å². The Labute approximate surface area is 62.3 Å². The molecule has 0 amide bonds. The van der Waals surface area contributed by atoms with E-state index in [4.69, 9.17) is 5.73 Å². The Morgan fingerprint density at radius 3 is 2.55 bits per heavy atom. The van der Waals surface area contributed by atoms with Crippen LogP contribution in [0, 0.1) is 6.92 Å². The first-order valence-electron chi connectivity index (χ1n) is 3.17. The van der Waals surface area contributed by atoms with Crippen molar-refractivity contribution in [2.75, 3.05) is 0 Å². The van der Waals surface area contributed by atoms with Crippen LogP contribution >= 0.6 is 0 Å². The summed E-state index contributed by atoms with van der Waals surface area (Å²) >= 11 is 0. The van der Waals surface area contributed by atoms with Gasteiger partial charge < -0.3 is 10.7 Å². The van der Waals surface area contributed by atoms with Crippen LogP contribution in [0.3, 0.4) is 0 Å². The lowest BCUT2D eigenvalue weighted by molar-refractivity contribution is 0.889. The number of nitrogens with one attached hydrogen (secondary N) is 2. The molecule has 0 aromatic carbocycles. The van der Waals surface area contributed by atoms with Crippen molar-refractivity contribution in [2.45, 2.75) is 13.5 Å². The van der Waals surface area contributed by atoms with E-state index in [1.807, 2.05) is 0 Å². The van der Waals surface area contributed by atoms with E-state index in [0.717, 1.165) is 0 Å². The fraction of sp³-hybridized carbons (Fsp3) is 0.333. The summed E-state index contributed by atoms with van der Waals surface area (Å²) in [5, 5.41) is 0. The molecule has 0 unspecified atom stereocenters. The number of nitrogens with two attached hydrogens (primary N) is 1. The minimum Gasteiger partial charge on any atom is -0.325 e. The number of hydrogen-bond acceptors (Lipinski definition) is 3. The molecule has 1 heterocycles. The Morgan fingerprint density at radius 2 is 2.00 bits per heavy atom.